The third kappa shape index (κ3) is 3.30. The molecule has 0 radical (unpaired) electrons. The molecule has 1 heterocycles. The van der Waals surface area contributed by atoms with Crippen molar-refractivity contribution < 1.29 is 13.2 Å². The molecule has 0 aliphatic carbocycles. The number of ether oxygens (including phenoxy) is 1. The van der Waals surface area contributed by atoms with Crippen LogP contribution in [-0.4, -0.2) is 24.8 Å². The summed E-state index contributed by atoms with van der Waals surface area (Å²) in [6, 6.07) is 6.29. The van der Waals surface area contributed by atoms with E-state index in [2.05, 4.69) is 9.82 Å². The normalized spacial score (nSPS) is 11.3. The van der Waals surface area contributed by atoms with Crippen LogP contribution in [0.4, 0.5) is 5.69 Å². The van der Waals surface area contributed by atoms with Crippen molar-refractivity contribution in [1.29, 1.82) is 0 Å². The van der Waals surface area contributed by atoms with Gasteiger partial charge in [-0.05, 0) is 38.1 Å². The number of anilines is 1. The number of sulfonamides is 1. The van der Waals surface area contributed by atoms with Crippen molar-refractivity contribution in [2.75, 3.05) is 11.3 Å². The van der Waals surface area contributed by atoms with Gasteiger partial charge in [0.25, 0.3) is 10.0 Å². The average Bonchev–Trinajstić information content (AvgIpc) is 2.87. The summed E-state index contributed by atoms with van der Waals surface area (Å²) in [5.41, 5.74) is 0.445. The number of benzene rings is 1. The first-order chi connectivity index (χ1) is 9.55. The summed E-state index contributed by atoms with van der Waals surface area (Å²) in [5, 5.41) is 4.02. The fourth-order valence-corrected chi connectivity index (χ4v) is 2.71. The SMILES string of the molecule is CCOc1ccc(S(=O)(=O)Nc2cnn(CC)c2)cc1. The van der Waals surface area contributed by atoms with Gasteiger partial charge in [0, 0.05) is 12.7 Å². The molecule has 108 valence electrons. The van der Waals surface area contributed by atoms with Crippen LogP contribution in [0.15, 0.2) is 41.6 Å². The summed E-state index contributed by atoms with van der Waals surface area (Å²) in [6.45, 7) is 5.03. The lowest BCUT2D eigenvalue weighted by Crippen LogP contribution is -2.12. The number of rotatable bonds is 6. The van der Waals surface area contributed by atoms with Crippen LogP contribution < -0.4 is 9.46 Å². The molecule has 20 heavy (non-hydrogen) atoms. The molecular formula is C13H17N3O3S. The lowest BCUT2D eigenvalue weighted by Gasteiger charge is -2.07. The Morgan fingerprint density at radius 3 is 2.50 bits per heavy atom. The minimum absolute atomic E-state index is 0.185. The van der Waals surface area contributed by atoms with Crippen LogP contribution in [0.3, 0.4) is 0 Å². The Labute approximate surface area is 118 Å². The molecule has 0 spiro atoms. The highest BCUT2D eigenvalue weighted by atomic mass is 32.2. The molecule has 0 unspecified atom stereocenters. The summed E-state index contributed by atoms with van der Waals surface area (Å²) >= 11 is 0. The Morgan fingerprint density at radius 1 is 1.25 bits per heavy atom. The van der Waals surface area contributed by atoms with Gasteiger partial charge < -0.3 is 4.74 Å². The van der Waals surface area contributed by atoms with Gasteiger partial charge >= 0.3 is 0 Å². The Hall–Kier alpha value is -2.02. The van der Waals surface area contributed by atoms with Crippen molar-refractivity contribution in [3.05, 3.63) is 36.7 Å². The zero-order valence-corrected chi connectivity index (χ0v) is 12.2. The maximum Gasteiger partial charge on any atom is 0.261 e. The van der Waals surface area contributed by atoms with E-state index >= 15 is 0 Å². The van der Waals surface area contributed by atoms with Crippen LogP contribution in [0.25, 0.3) is 0 Å². The van der Waals surface area contributed by atoms with E-state index in [0.717, 1.165) is 0 Å². The van der Waals surface area contributed by atoms with E-state index < -0.39 is 10.0 Å². The summed E-state index contributed by atoms with van der Waals surface area (Å²) < 4.78 is 33.8. The number of aryl methyl sites for hydroxylation is 1. The summed E-state index contributed by atoms with van der Waals surface area (Å²) in [4.78, 5) is 0.185. The molecule has 1 aromatic heterocycles. The van der Waals surface area contributed by atoms with E-state index in [-0.39, 0.29) is 4.90 Å². The van der Waals surface area contributed by atoms with Gasteiger partial charge in [0.15, 0.2) is 0 Å². The molecular weight excluding hydrogens is 278 g/mol. The lowest BCUT2D eigenvalue weighted by molar-refractivity contribution is 0.340. The average molecular weight is 295 g/mol. The van der Waals surface area contributed by atoms with Crippen LogP contribution in [0.2, 0.25) is 0 Å². The predicted octanol–water partition coefficient (Wildman–Crippen LogP) is 2.10. The minimum Gasteiger partial charge on any atom is -0.494 e. The van der Waals surface area contributed by atoms with Crippen molar-refractivity contribution in [1.82, 2.24) is 9.78 Å². The van der Waals surface area contributed by atoms with Crippen LogP contribution in [-0.2, 0) is 16.6 Å². The summed E-state index contributed by atoms with van der Waals surface area (Å²) in [6.07, 6.45) is 3.13. The molecule has 7 heteroatoms. The fraction of sp³-hybridized carbons (Fsp3) is 0.308. The Morgan fingerprint density at radius 2 is 1.95 bits per heavy atom. The predicted molar refractivity (Wildman–Crippen MR) is 76.3 cm³/mol. The number of nitrogens with one attached hydrogen (secondary N) is 1. The van der Waals surface area contributed by atoms with E-state index in [4.69, 9.17) is 4.74 Å². The van der Waals surface area contributed by atoms with Crippen molar-refractivity contribution >= 4 is 15.7 Å². The monoisotopic (exact) mass is 295 g/mol. The van der Waals surface area contributed by atoms with Crippen LogP contribution in [0.1, 0.15) is 13.8 Å². The van der Waals surface area contributed by atoms with Crippen molar-refractivity contribution in [3.63, 3.8) is 0 Å². The third-order valence-electron chi connectivity index (χ3n) is 2.65. The molecule has 0 amide bonds. The maximum atomic E-state index is 12.2. The van der Waals surface area contributed by atoms with Gasteiger partial charge in [-0.1, -0.05) is 0 Å². The molecule has 6 nitrogen and oxygen atoms in total. The van der Waals surface area contributed by atoms with Gasteiger partial charge in [-0.3, -0.25) is 9.40 Å². The second kappa shape index (κ2) is 5.96. The molecule has 0 aliphatic rings. The van der Waals surface area contributed by atoms with Crippen LogP contribution >= 0.6 is 0 Å². The highest BCUT2D eigenvalue weighted by Gasteiger charge is 2.15. The van der Waals surface area contributed by atoms with E-state index in [1.165, 1.54) is 18.3 Å². The third-order valence-corrected chi connectivity index (χ3v) is 4.05. The molecule has 0 saturated carbocycles. The summed E-state index contributed by atoms with van der Waals surface area (Å²) in [7, 11) is -3.60. The van der Waals surface area contributed by atoms with E-state index in [1.54, 1.807) is 23.0 Å². The van der Waals surface area contributed by atoms with Crippen molar-refractivity contribution in [3.8, 4) is 5.75 Å². The van der Waals surface area contributed by atoms with Crippen LogP contribution in [0.5, 0.6) is 5.75 Å². The summed E-state index contributed by atoms with van der Waals surface area (Å²) in [5.74, 6) is 0.644. The van der Waals surface area contributed by atoms with Gasteiger partial charge in [-0.15, -0.1) is 0 Å². The number of hydrogen-bond acceptors (Lipinski definition) is 4. The molecule has 0 atom stereocenters. The molecule has 2 aromatic rings. The van der Waals surface area contributed by atoms with E-state index in [9.17, 15) is 8.42 Å². The molecule has 0 saturated heterocycles. The molecule has 0 aliphatic heterocycles. The van der Waals surface area contributed by atoms with Gasteiger partial charge in [-0.2, -0.15) is 5.10 Å². The van der Waals surface area contributed by atoms with Gasteiger partial charge in [-0.25, -0.2) is 8.42 Å². The number of hydrogen-bond donors (Lipinski definition) is 1. The van der Waals surface area contributed by atoms with Crippen LogP contribution in [0, 0.1) is 0 Å². The van der Waals surface area contributed by atoms with Gasteiger partial charge in [0.1, 0.15) is 5.75 Å². The van der Waals surface area contributed by atoms with Gasteiger partial charge in [0.2, 0.25) is 0 Å². The molecule has 2 rings (SSSR count). The first-order valence-corrected chi connectivity index (χ1v) is 7.81. The Bertz CT molecular complexity index is 662. The molecule has 1 aromatic carbocycles. The van der Waals surface area contributed by atoms with E-state index in [1.807, 2.05) is 13.8 Å². The topological polar surface area (TPSA) is 73.2 Å². The standard InChI is InChI=1S/C13H17N3O3S/c1-3-16-10-11(9-14-16)15-20(17,18)13-7-5-12(6-8-13)19-4-2/h5-10,15H,3-4H2,1-2H3. The quantitative estimate of drug-likeness (QED) is 0.885. The smallest absolute Gasteiger partial charge is 0.261 e. The van der Waals surface area contributed by atoms with Crippen molar-refractivity contribution in [2.24, 2.45) is 0 Å². The first-order valence-electron chi connectivity index (χ1n) is 6.33. The second-order valence-electron chi connectivity index (χ2n) is 4.09. The number of aromatic nitrogens is 2. The Balaban J connectivity index is 2.17. The van der Waals surface area contributed by atoms with Gasteiger partial charge in [0.05, 0.1) is 23.4 Å². The highest BCUT2D eigenvalue weighted by Crippen LogP contribution is 2.19. The maximum absolute atomic E-state index is 12.2. The zero-order chi connectivity index (χ0) is 14.6. The zero-order valence-electron chi connectivity index (χ0n) is 11.4. The molecule has 1 N–H and O–H groups in total. The first kappa shape index (κ1) is 14.4. The Kier molecular flexibility index (Phi) is 4.29. The lowest BCUT2D eigenvalue weighted by atomic mass is 10.3. The second-order valence-corrected chi connectivity index (χ2v) is 5.78. The largest absolute Gasteiger partial charge is 0.494 e. The minimum atomic E-state index is -3.60. The fourth-order valence-electron chi connectivity index (χ4n) is 1.68. The highest BCUT2D eigenvalue weighted by molar-refractivity contribution is 7.92. The number of nitrogens with zero attached hydrogens (tertiary/aromatic N) is 2. The molecule has 0 bridgehead atoms. The van der Waals surface area contributed by atoms with E-state index in [0.29, 0.717) is 24.6 Å². The molecule has 0 fully saturated rings. The van der Waals surface area contributed by atoms with Crippen molar-refractivity contribution in [2.45, 2.75) is 25.3 Å².